The van der Waals surface area contributed by atoms with Gasteiger partial charge in [-0.15, -0.1) is 0 Å². The predicted molar refractivity (Wildman–Crippen MR) is 120 cm³/mol. The second-order valence-corrected chi connectivity index (χ2v) is 22.4. The second-order valence-electron chi connectivity index (χ2n) is 6.78. The molecule has 0 aliphatic carbocycles. The van der Waals surface area contributed by atoms with E-state index in [0.29, 0.717) is 0 Å². The molecule has 0 saturated carbocycles. The summed E-state index contributed by atoms with van der Waals surface area (Å²) in [7, 11) is 0. The average molecular weight is 458 g/mol. The third-order valence-corrected chi connectivity index (χ3v) is 14.3. The summed E-state index contributed by atoms with van der Waals surface area (Å²) in [5, 5.41) is 0. The molecule has 0 nitrogen and oxygen atoms in total. The molecule has 23 heavy (non-hydrogen) atoms. The van der Waals surface area contributed by atoms with E-state index in [1.165, 1.54) is 48.2 Å². The van der Waals surface area contributed by atoms with Crippen molar-refractivity contribution in [3.63, 3.8) is 0 Å². The molecule has 0 aliphatic heterocycles. The molecule has 0 heterocycles. The van der Waals surface area contributed by atoms with Gasteiger partial charge in [-0.1, -0.05) is 0 Å². The summed E-state index contributed by atoms with van der Waals surface area (Å²) >= 11 is 4.90. The minimum atomic E-state index is -1.67. The van der Waals surface area contributed by atoms with Gasteiger partial charge in [-0.25, -0.2) is 0 Å². The summed E-state index contributed by atoms with van der Waals surface area (Å²) in [5.41, 5.74) is 2.98. The number of hydrogen-bond acceptors (Lipinski definition) is 1. The van der Waals surface area contributed by atoms with Crippen LogP contribution in [0, 0.1) is 0 Å². The Bertz CT molecular complexity index is 536. The molecule has 0 bridgehead atoms. The van der Waals surface area contributed by atoms with Crippen LogP contribution in [0.4, 0.5) is 0 Å². The number of rotatable bonds is 9. The predicted octanol–water partition coefficient (Wildman–Crippen LogP) is 6.37. The standard InChI is InChI=1S/C20H28IPS/c1-22(21,17-18-23-2,15-13-19-9-5-3-6-10-19)16-14-20-11-7-4-8-12-20/h3-12H,13-18H2,1-2H3. The molecule has 0 N–H and O–H groups in total. The molecule has 0 saturated heterocycles. The van der Waals surface area contributed by atoms with E-state index in [4.69, 9.17) is 0 Å². The molecule has 0 fully saturated rings. The van der Waals surface area contributed by atoms with Crippen LogP contribution in [0.1, 0.15) is 11.1 Å². The molecule has 0 aliphatic rings. The summed E-state index contributed by atoms with van der Waals surface area (Å²) in [5.74, 6) is 1.29. The van der Waals surface area contributed by atoms with Crippen LogP contribution >= 0.6 is 38.0 Å². The Hall–Kier alpha value is -0.0500. The summed E-state index contributed by atoms with van der Waals surface area (Å²) in [6, 6.07) is 22.0. The number of thioether (sulfide) groups is 1. The topological polar surface area (TPSA) is 0 Å². The first kappa shape index (κ1) is 19.3. The van der Waals surface area contributed by atoms with Crippen molar-refractivity contribution in [3.05, 3.63) is 71.8 Å². The van der Waals surface area contributed by atoms with Gasteiger partial charge in [-0.2, -0.15) is 0 Å². The third-order valence-electron chi connectivity index (χ3n) is 4.66. The first-order chi connectivity index (χ1) is 11.0. The Kier molecular flexibility index (Phi) is 7.44. The summed E-state index contributed by atoms with van der Waals surface area (Å²) in [6.07, 6.45) is 8.81. The zero-order valence-corrected chi connectivity index (χ0v) is 18.1. The SMILES string of the molecule is CSCCP(C)(I)(CCc1ccccc1)CCc1ccccc1. The molecule has 2 aromatic carbocycles. The minimum absolute atomic E-state index is 1.22. The van der Waals surface area contributed by atoms with E-state index < -0.39 is 4.25 Å². The average Bonchev–Trinajstić information content (AvgIpc) is 2.59. The maximum absolute atomic E-state index is 2.90. The van der Waals surface area contributed by atoms with Crippen molar-refractivity contribution in [1.82, 2.24) is 0 Å². The molecular formula is C20H28IPS. The van der Waals surface area contributed by atoms with E-state index in [1.807, 2.05) is 11.8 Å². The van der Waals surface area contributed by atoms with Crippen molar-refractivity contribution >= 4 is 38.0 Å². The Labute approximate surface area is 159 Å². The zero-order chi connectivity index (χ0) is 16.6. The van der Waals surface area contributed by atoms with Crippen molar-refractivity contribution in [3.8, 4) is 0 Å². The van der Waals surface area contributed by atoms with Crippen LogP contribution in [0.25, 0.3) is 0 Å². The van der Waals surface area contributed by atoms with Crippen LogP contribution in [0.15, 0.2) is 60.7 Å². The molecule has 2 rings (SSSR count). The molecule has 0 amide bonds. The Morgan fingerprint density at radius 1 is 0.783 bits per heavy atom. The van der Waals surface area contributed by atoms with Crippen LogP contribution in [-0.2, 0) is 12.8 Å². The second kappa shape index (κ2) is 8.87. The van der Waals surface area contributed by atoms with Gasteiger partial charge in [0.05, 0.1) is 0 Å². The van der Waals surface area contributed by atoms with Crippen molar-refractivity contribution < 1.29 is 0 Å². The molecule has 126 valence electrons. The van der Waals surface area contributed by atoms with Gasteiger partial charge in [0, 0.05) is 0 Å². The summed E-state index contributed by atoms with van der Waals surface area (Å²) in [6.45, 7) is 2.62. The fourth-order valence-electron chi connectivity index (χ4n) is 2.85. The number of benzene rings is 2. The van der Waals surface area contributed by atoms with Gasteiger partial charge in [0.25, 0.3) is 0 Å². The Morgan fingerprint density at radius 2 is 1.22 bits per heavy atom. The molecule has 0 aromatic heterocycles. The molecule has 3 heteroatoms. The number of hydrogen-bond donors (Lipinski definition) is 0. The van der Waals surface area contributed by atoms with Crippen molar-refractivity contribution in [1.29, 1.82) is 0 Å². The molecular weight excluding hydrogens is 430 g/mol. The van der Waals surface area contributed by atoms with Gasteiger partial charge >= 0.3 is 160 Å². The van der Waals surface area contributed by atoms with Gasteiger partial charge in [0.2, 0.25) is 0 Å². The van der Waals surface area contributed by atoms with Gasteiger partial charge < -0.3 is 0 Å². The van der Waals surface area contributed by atoms with Crippen LogP contribution in [0.3, 0.4) is 0 Å². The number of halogens is 1. The Balaban J connectivity index is 2.05. The maximum atomic E-state index is 2.90. The molecule has 2 aromatic rings. The summed E-state index contributed by atoms with van der Waals surface area (Å²) in [4.78, 5) is 0. The van der Waals surface area contributed by atoms with Crippen LogP contribution in [0.2, 0.25) is 0 Å². The van der Waals surface area contributed by atoms with Crippen molar-refractivity contribution in [2.24, 2.45) is 0 Å². The fraction of sp³-hybridized carbons (Fsp3) is 0.400. The quantitative estimate of drug-likeness (QED) is 0.311. The third kappa shape index (κ3) is 6.76. The molecule has 0 atom stereocenters. The Morgan fingerprint density at radius 3 is 1.61 bits per heavy atom. The fourth-order valence-corrected chi connectivity index (χ4v) is 11.3. The van der Waals surface area contributed by atoms with E-state index in [9.17, 15) is 0 Å². The van der Waals surface area contributed by atoms with Gasteiger partial charge in [0.1, 0.15) is 0 Å². The first-order valence-electron chi connectivity index (χ1n) is 8.29. The van der Waals surface area contributed by atoms with Crippen LogP contribution in [0.5, 0.6) is 0 Å². The monoisotopic (exact) mass is 458 g/mol. The van der Waals surface area contributed by atoms with E-state index >= 15 is 0 Å². The van der Waals surface area contributed by atoms with E-state index in [2.05, 4.69) is 95.6 Å². The van der Waals surface area contributed by atoms with Gasteiger partial charge in [-0.3, -0.25) is 0 Å². The van der Waals surface area contributed by atoms with E-state index in [0.717, 1.165) is 0 Å². The van der Waals surface area contributed by atoms with Gasteiger partial charge in [-0.05, 0) is 0 Å². The van der Waals surface area contributed by atoms with E-state index in [-0.39, 0.29) is 0 Å². The first-order valence-corrected chi connectivity index (χ1v) is 15.7. The van der Waals surface area contributed by atoms with Crippen LogP contribution < -0.4 is 0 Å². The van der Waals surface area contributed by atoms with E-state index in [1.54, 1.807) is 0 Å². The molecule has 0 spiro atoms. The molecule has 0 radical (unpaired) electrons. The summed E-state index contributed by atoms with van der Waals surface area (Å²) < 4.78 is -1.67. The number of aryl methyl sites for hydroxylation is 2. The van der Waals surface area contributed by atoms with Crippen molar-refractivity contribution in [2.45, 2.75) is 12.8 Å². The van der Waals surface area contributed by atoms with Crippen LogP contribution in [-0.4, -0.2) is 37.2 Å². The molecule has 0 unspecified atom stereocenters. The zero-order valence-electron chi connectivity index (χ0n) is 14.2. The van der Waals surface area contributed by atoms with Crippen molar-refractivity contribution in [2.75, 3.05) is 37.2 Å². The van der Waals surface area contributed by atoms with Gasteiger partial charge in [0.15, 0.2) is 0 Å². The normalized spacial score (nSPS) is 13.4.